The number of hydrogen-bond donors (Lipinski definition) is 0. The van der Waals surface area contributed by atoms with E-state index in [9.17, 15) is 9.59 Å². The minimum atomic E-state index is -0.591. The van der Waals surface area contributed by atoms with Crippen molar-refractivity contribution >= 4 is 11.9 Å². The Balaban J connectivity index is 1.89. The highest BCUT2D eigenvalue weighted by molar-refractivity contribution is 5.84. The van der Waals surface area contributed by atoms with Crippen LogP contribution in [0.4, 0.5) is 0 Å². The van der Waals surface area contributed by atoms with E-state index in [4.69, 9.17) is 18.9 Å². The number of carbonyl (C=O) groups is 2. The molecule has 3 aliphatic heterocycles. The summed E-state index contributed by atoms with van der Waals surface area (Å²) in [5.41, 5.74) is 0. The molecular weight excluding hydrogens is 216 g/mol. The van der Waals surface area contributed by atoms with Crippen molar-refractivity contribution < 1.29 is 28.5 Å². The molecule has 6 atom stereocenters. The lowest BCUT2D eigenvalue weighted by molar-refractivity contribution is -0.157. The van der Waals surface area contributed by atoms with E-state index in [-0.39, 0.29) is 24.4 Å². The summed E-state index contributed by atoms with van der Waals surface area (Å²) in [6.45, 7) is 0. The molecule has 3 heterocycles. The van der Waals surface area contributed by atoms with Gasteiger partial charge in [0.1, 0.15) is 36.3 Å². The van der Waals surface area contributed by atoms with Crippen LogP contribution < -0.4 is 0 Å². The molecule has 3 rings (SSSR count). The summed E-state index contributed by atoms with van der Waals surface area (Å²) in [5, 5.41) is 0. The maximum absolute atomic E-state index is 11.6. The van der Waals surface area contributed by atoms with Crippen LogP contribution in [0.2, 0.25) is 0 Å². The summed E-state index contributed by atoms with van der Waals surface area (Å²) in [7, 11) is 2.60. The number of hydrogen-bond acceptors (Lipinski definition) is 6. The van der Waals surface area contributed by atoms with Gasteiger partial charge in [-0.3, -0.25) is 9.59 Å². The van der Waals surface area contributed by atoms with Gasteiger partial charge in [0.2, 0.25) is 0 Å². The van der Waals surface area contributed by atoms with Gasteiger partial charge in [0.05, 0.1) is 14.2 Å². The van der Waals surface area contributed by atoms with Crippen LogP contribution >= 0.6 is 0 Å². The molecule has 6 heteroatoms. The molecule has 0 saturated carbocycles. The second-order valence-corrected chi connectivity index (χ2v) is 4.23. The third-order valence-electron chi connectivity index (χ3n) is 3.56. The van der Waals surface area contributed by atoms with Gasteiger partial charge in [-0.15, -0.1) is 0 Å². The smallest absolute Gasteiger partial charge is 0.312 e. The molecule has 0 amide bonds. The number of epoxide rings is 1. The predicted octanol–water partition coefficient (Wildman–Crippen LogP) is -0.887. The molecule has 3 saturated heterocycles. The van der Waals surface area contributed by atoms with Crippen LogP contribution in [-0.4, -0.2) is 50.6 Å². The van der Waals surface area contributed by atoms with E-state index in [1.54, 1.807) is 0 Å². The zero-order valence-electron chi connectivity index (χ0n) is 8.91. The van der Waals surface area contributed by atoms with Crippen LogP contribution in [0.3, 0.4) is 0 Å². The second kappa shape index (κ2) is 3.18. The Bertz CT molecular complexity index is 321. The quantitative estimate of drug-likeness (QED) is 0.451. The van der Waals surface area contributed by atoms with E-state index in [0.29, 0.717) is 0 Å². The minimum Gasteiger partial charge on any atom is -0.469 e. The molecule has 16 heavy (non-hydrogen) atoms. The van der Waals surface area contributed by atoms with Crippen molar-refractivity contribution in [2.24, 2.45) is 11.8 Å². The van der Waals surface area contributed by atoms with E-state index in [1.807, 2.05) is 0 Å². The maximum Gasteiger partial charge on any atom is 0.312 e. The van der Waals surface area contributed by atoms with Gasteiger partial charge in [0, 0.05) is 0 Å². The first kappa shape index (κ1) is 10.0. The second-order valence-electron chi connectivity index (χ2n) is 4.23. The summed E-state index contributed by atoms with van der Waals surface area (Å²) in [4.78, 5) is 23.3. The lowest BCUT2D eigenvalue weighted by Gasteiger charge is -2.21. The van der Waals surface area contributed by atoms with E-state index >= 15 is 0 Å². The fourth-order valence-corrected chi connectivity index (χ4v) is 2.82. The molecule has 0 aromatic carbocycles. The molecule has 0 radical (unpaired) electrons. The standard InChI is InChI=1S/C10H12O6/c1-13-9(11)3-4(10(12)14-2)6-8-7(16-8)5(3)15-6/h3-8H,1-2H3/t3-,4-,5-,6+,7-,8+/m0/s1. The van der Waals surface area contributed by atoms with Crippen LogP contribution in [-0.2, 0) is 28.5 Å². The van der Waals surface area contributed by atoms with E-state index < -0.39 is 23.8 Å². The SMILES string of the molecule is COC(=O)[C@@H]1[C@@H]2O[C@@H]([C@H]3O[C@H]32)[C@H]1C(=O)OC. The van der Waals surface area contributed by atoms with Gasteiger partial charge in [0.15, 0.2) is 0 Å². The minimum absolute atomic E-state index is 0.0463. The van der Waals surface area contributed by atoms with Gasteiger partial charge in [-0.2, -0.15) is 0 Å². The molecule has 0 N–H and O–H groups in total. The van der Waals surface area contributed by atoms with Crippen LogP contribution in [0, 0.1) is 11.8 Å². The largest absolute Gasteiger partial charge is 0.469 e. The predicted molar refractivity (Wildman–Crippen MR) is 48.3 cm³/mol. The van der Waals surface area contributed by atoms with Crippen LogP contribution in [0.1, 0.15) is 0 Å². The van der Waals surface area contributed by atoms with Crippen molar-refractivity contribution in [3.8, 4) is 0 Å². The zero-order valence-corrected chi connectivity index (χ0v) is 8.91. The molecule has 88 valence electrons. The fourth-order valence-electron chi connectivity index (χ4n) is 2.82. The Morgan fingerprint density at radius 2 is 1.19 bits per heavy atom. The molecule has 6 nitrogen and oxygen atoms in total. The highest BCUT2D eigenvalue weighted by atomic mass is 16.7. The van der Waals surface area contributed by atoms with Gasteiger partial charge < -0.3 is 18.9 Å². The first-order valence-electron chi connectivity index (χ1n) is 5.15. The number of esters is 2. The Hall–Kier alpha value is -1.14. The van der Waals surface area contributed by atoms with Crippen LogP contribution in [0.15, 0.2) is 0 Å². The van der Waals surface area contributed by atoms with E-state index in [1.165, 1.54) is 14.2 Å². The van der Waals surface area contributed by atoms with E-state index in [2.05, 4.69) is 0 Å². The molecule has 0 spiro atoms. The number of ether oxygens (including phenoxy) is 4. The first-order valence-corrected chi connectivity index (χ1v) is 5.15. The summed E-state index contributed by atoms with van der Waals surface area (Å²) in [6.07, 6.45) is -0.803. The van der Waals surface area contributed by atoms with Gasteiger partial charge in [-0.05, 0) is 0 Å². The molecular formula is C10H12O6. The zero-order chi connectivity index (χ0) is 11.4. The van der Waals surface area contributed by atoms with Crippen molar-refractivity contribution in [3.63, 3.8) is 0 Å². The summed E-state index contributed by atoms with van der Waals surface area (Å²) in [5.74, 6) is -2.05. The van der Waals surface area contributed by atoms with Gasteiger partial charge >= 0.3 is 11.9 Å². The molecule has 3 aliphatic rings. The molecule has 0 unspecified atom stereocenters. The molecule has 3 fully saturated rings. The lowest BCUT2D eigenvalue weighted by atomic mass is 9.79. The Morgan fingerprint density at radius 3 is 1.56 bits per heavy atom. The summed E-state index contributed by atoms with van der Waals surface area (Å²) >= 11 is 0. The first-order chi connectivity index (χ1) is 7.69. The molecule has 0 aliphatic carbocycles. The number of rotatable bonds is 2. The third-order valence-corrected chi connectivity index (χ3v) is 3.56. The van der Waals surface area contributed by atoms with Crippen LogP contribution in [0.5, 0.6) is 0 Å². The lowest BCUT2D eigenvalue weighted by Crippen LogP contribution is -2.42. The van der Waals surface area contributed by atoms with Crippen LogP contribution in [0.25, 0.3) is 0 Å². The van der Waals surface area contributed by atoms with Crippen molar-refractivity contribution in [3.05, 3.63) is 0 Å². The average molecular weight is 228 g/mol. The number of methoxy groups -OCH3 is 2. The Morgan fingerprint density at radius 1 is 0.812 bits per heavy atom. The van der Waals surface area contributed by atoms with Crippen molar-refractivity contribution in [1.82, 2.24) is 0 Å². The molecule has 2 bridgehead atoms. The highest BCUT2D eigenvalue weighted by Crippen LogP contribution is 2.54. The monoisotopic (exact) mass is 228 g/mol. The van der Waals surface area contributed by atoms with Crippen molar-refractivity contribution in [2.75, 3.05) is 14.2 Å². The van der Waals surface area contributed by atoms with Crippen molar-refractivity contribution in [1.29, 1.82) is 0 Å². The van der Waals surface area contributed by atoms with Crippen molar-refractivity contribution in [2.45, 2.75) is 24.4 Å². The number of fused-ring (bicyclic) bond motifs is 5. The van der Waals surface area contributed by atoms with Gasteiger partial charge in [-0.25, -0.2) is 0 Å². The number of carbonyl (C=O) groups excluding carboxylic acids is 2. The topological polar surface area (TPSA) is 74.4 Å². The average Bonchev–Trinajstić information content (AvgIpc) is 2.93. The highest BCUT2D eigenvalue weighted by Gasteiger charge is 2.73. The summed E-state index contributed by atoms with van der Waals surface area (Å²) < 4.78 is 20.3. The van der Waals surface area contributed by atoms with Gasteiger partial charge in [0.25, 0.3) is 0 Å². The Kier molecular flexibility index (Phi) is 1.99. The fraction of sp³-hybridized carbons (Fsp3) is 0.800. The summed E-state index contributed by atoms with van der Waals surface area (Å²) in [6, 6.07) is 0. The third kappa shape index (κ3) is 1.08. The molecule has 0 aromatic heterocycles. The maximum atomic E-state index is 11.6. The Labute approximate surface area is 91.8 Å². The molecule has 0 aromatic rings. The van der Waals surface area contributed by atoms with Gasteiger partial charge in [-0.1, -0.05) is 0 Å². The van der Waals surface area contributed by atoms with E-state index in [0.717, 1.165) is 0 Å². The normalized spacial score (nSPS) is 47.4.